The van der Waals surface area contributed by atoms with Gasteiger partial charge < -0.3 is 25.1 Å². The van der Waals surface area contributed by atoms with Crippen LogP contribution in [0.25, 0.3) is 22.4 Å². The third-order valence-electron chi connectivity index (χ3n) is 5.73. The molecule has 3 heterocycles. The first kappa shape index (κ1) is 25.4. The Morgan fingerprint density at radius 1 is 1.00 bits per heavy atom. The van der Waals surface area contributed by atoms with Gasteiger partial charge in [0, 0.05) is 43.2 Å². The van der Waals surface area contributed by atoms with Gasteiger partial charge in [0.2, 0.25) is 0 Å². The first-order chi connectivity index (χ1) is 18.8. The van der Waals surface area contributed by atoms with Gasteiger partial charge in [-0.1, -0.05) is 0 Å². The van der Waals surface area contributed by atoms with Gasteiger partial charge in [-0.3, -0.25) is 14.5 Å². The molecule has 0 unspecified atom stereocenters. The van der Waals surface area contributed by atoms with Crippen LogP contribution < -0.4 is 20.7 Å². The first-order valence-electron chi connectivity index (χ1n) is 12.0. The average molecular weight is 530 g/mol. The molecule has 0 radical (unpaired) electrons. The van der Waals surface area contributed by atoms with Crippen LogP contribution in [-0.4, -0.2) is 38.7 Å². The number of halogens is 1. The summed E-state index contributed by atoms with van der Waals surface area (Å²) < 4.78 is 27.5. The molecule has 0 fully saturated rings. The Bertz CT molecular complexity index is 1680. The molecule has 2 aromatic carbocycles. The lowest BCUT2D eigenvalue weighted by molar-refractivity contribution is 0.0957. The molecule has 3 aromatic heterocycles. The molecule has 198 valence electrons. The standard InChI is InChI=1S/C27H24FN7O4/c1-15(2)35-13-23(25(34-35)16-4-7-24-21(10-16)31-14-38-24)33-27(37)32-20-6-5-17(11-19(20)28)39-18-8-9-30-22(12-18)26(36)29-3/h4-15H,1-3H3,(H,29,36)(H2,32,33,37). The molecule has 0 aliphatic rings. The van der Waals surface area contributed by atoms with E-state index < -0.39 is 11.8 Å². The van der Waals surface area contributed by atoms with Crippen LogP contribution in [0, 0.1) is 5.82 Å². The van der Waals surface area contributed by atoms with Crippen LogP contribution in [0.2, 0.25) is 0 Å². The Hall–Kier alpha value is -5.26. The Kier molecular flexibility index (Phi) is 6.91. The number of rotatable bonds is 7. The van der Waals surface area contributed by atoms with E-state index in [9.17, 15) is 14.0 Å². The maximum atomic E-state index is 14.9. The van der Waals surface area contributed by atoms with Crippen molar-refractivity contribution >= 4 is 34.4 Å². The lowest BCUT2D eigenvalue weighted by atomic mass is 10.1. The number of nitrogens with one attached hydrogen (secondary N) is 3. The van der Waals surface area contributed by atoms with Gasteiger partial charge in [-0.05, 0) is 50.2 Å². The third kappa shape index (κ3) is 5.54. The summed E-state index contributed by atoms with van der Waals surface area (Å²) in [5.41, 5.74) is 3.09. The number of pyridine rings is 1. The van der Waals surface area contributed by atoms with Crippen LogP contribution in [0.3, 0.4) is 0 Å². The van der Waals surface area contributed by atoms with Crippen molar-refractivity contribution < 1.29 is 23.1 Å². The van der Waals surface area contributed by atoms with Crippen molar-refractivity contribution in [3.05, 3.63) is 78.8 Å². The number of carbonyl (C=O) groups excluding carboxylic acids is 2. The lowest BCUT2D eigenvalue weighted by Crippen LogP contribution is -2.20. The fourth-order valence-electron chi connectivity index (χ4n) is 3.77. The number of benzene rings is 2. The summed E-state index contributed by atoms with van der Waals surface area (Å²) in [5, 5.41) is 12.4. The number of aromatic nitrogens is 4. The van der Waals surface area contributed by atoms with Gasteiger partial charge in [0.15, 0.2) is 12.0 Å². The summed E-state index contributed by atoms with van der Waals surface area (Å²) in [4.78, 5) is 32.8. The van der Waals surface area contributed by atoms with Crippen LogP contribution in [0.4, 0.5) is 20.6 Å². The van der Waals surface area contributed by atoms with Gasteiger partial charge in [0.25, 0.3) is 5.91 Å². The van der Waals surface area contributed by atoms with Crippen molar-refractivity contribution in [2.45, 2.75) is 19.9 Å². The summed E-state index contributed by atoms with van der Waals surface area (Å²) in [6, 6.07) is 11.8. The van der Waals surface area contributed by atoms with E-state index in [0.717, 1.165) is 11.6 Å². The largest absolute Gasteiger partial charge is 0.457 e. The number of amides is 3. The summed E-state index contributed by atoms with van der Waals surface area (Å²) in [7, 11) is 1.49. The van der Waals surface area contributed by atoms with Gasteiger partial charge in [-0.2, -0.15) is 5.10 Å². The molecule has 0 atom stereocenters. The van der Waals surface area contributed by atoms with Crippen LogP contribution >= 0.6 is 0 Å². The highest BCUT2D eigenvalue weighted by Gasteiger charge is 2.17. The molecule has 0 aliphatic heterocycles. The number of nitrogens with zero attached hydrogens (tertiary/aromatic N) is 4. The van der Waals surface area contributed by atoms with E-state index in [4.69, 9.17) is 9.15 Å². The predicted molar refractivity (Wildman–Crippen MR) is 142 cm³/mol. The summed E-state index contributed by atoms with van der Waals surface area (Å²) >= 11 is 0. The molecule has 11 nitrogen and oxygen atoms in total. The number of fused-ring (bicyclic) bond motifs is 1. The Labute approximate surface area is 222 Å². The Morgan fingerprint density at radius 3 is 2.56 bits per heavy atom. The van der Waals surface area contributed by atoms with E-state index in [1.165, 1.54) is 37.8 Å². The van der Waals surface area contributed by atoms with Crippen molar-refractivity contribution in [1.29, 1.82) is 0 Å². The minimum Gasteiger partial charge on any atom is -0.457 e. The quantitative estimate of drug-likeness (QED) is 0.250. The van der Waals surface area contributed by atoms with Crippen molar-refractivity contribution in [3.8, 4) is 22.8 Å². The molecule has 5 aromatic rings. The number of ether oxygens (including phenoxy) is 1. The highest BCUT2D eigenvalue weighted by Crippen LogP contribution is 2.31. The van der Waals surface area contributed by atoms with E-state index in [1.54, 1.807) is 23.0 Å². The number of carbonyl (C=O) groups is 2. The molecule has 3 amide bonds. The molecule has 5 rings (SSSR count). The number of hydrogen-bond acceptors (Lipinski definition) is 7. The van der Waals surface area contributed by atoms with Crippen molar-refractivity contribution in [2.24, 2.45) is 0 Å². The Balaban J connectivity index is 1.32. The maximum absolute atomic E-state index is 14.9. The third-order valence-corrected chi connectivity index (χ3v) is 5.73. The van der Waals surface area contributed by atoms with Crippen LogP contribution in [0.1, 0.15) is 30.4 Å². The monoisotopic (exact) mass is 529 g/mol. The zero-order valence-electron chi connectivity index (χ0n) is 21.2. The van der Waals surface area contributed by atoms with E-state index in [2.05, 4.69) is 31.0 Å². The molecule has 0 saturated carbocycles. The van der Waals surface area contributed by atoms with Crippen LogP contribution in [0.5, 0.6) is 11.5 Å². The predicted octanol–water partition coefficient (Wildman–Crippen LogP) is 5.60. The smallest absolute Gasteiger partial charge is 0.323 e. The number of anilines is 2. The van der Waals surface area contributed by atoms with Gasteiger partial charge in [-0.25, -0.2) is 14.2 Å². The summed E-state index contributed by atoms with van der Waals surface area (Å²) in [6.45, 7) is 3.93. The van der Waals surface area contributed by atoms with Crippen molar-refractivity contribution in [3.63, 3.8) is 0 Å². The highest BCUT2D eigenvalue weighted by molar-refractivity contribution is 6.02. The molecule has 39 heavy (non-hydrogen) atoms. The molecule has 3 N–H and O–H groups in total. The minimum absolute atomic E-state index is 0.0379. The van der Waals surface area contributed by atoms with Crippen LogP contribution in [0.15, 0.2) is 71.7 Å². The number of urea groups is 1. The second-order valence-electron chi connectivity index (χ2n) is 8.78. The van der Waals surface area contributed by atoms with E-state index in [-0.39, 0.29) is 29.1 Å². The topological polar surface area (TPSA) is 136 Å². The fraction of sp³-hybridized carbons (Fsp3) is 0.148. The van der Waals surface area contributed by atoms with Crippen molar-refractivity contribution in [1.82, 2.24) is 25.1 Å². The second kappa shape index (κ2) is 10.6. The second-order valence-corrected chi connectivity index (χ2v) is 8.78. The molecule has 0 aliphatic carbocycles. The highest BCUT2D eigenvalue weighted by atomic mass is 19.1. The molecule has 0 saturated heterocycles. The molecule has 12 heteroatoms. The molecular formula is C27H24FN7O4. The molecular weight excluding hydrogens is 505 g/mol. The SMILES string of the molecule is CNC(=O)c1cc(Oc2ccc(NC(=O)Nc3cn(C(C)C)nc3-c3ccc4ocnc4c3)c(F)c2)ccn1. The number of hydrogen-bond donors (Lipinski definition) is 3. The van der Waals surface area contributed by atoms with Gasteiger partial charge in [0.1, 0.15) is 34.2 Å². The summed E-state index contributed by atoms with van der Waals surface area (Å²) in [5.74, 6) is -0.605. The van der Waals surface area contributed by atoms with Gasteiger partial charge >= 0.3 is 6.03 Å². The first-order valence-corrected chi connectivity index (χ1v) is 12.0. The van der Waals surface area contributed by atoms with E-state index >= 15 is 0 Å². The van der Waals surface area contributed by atoms with Gasteiger partial charge in [0.05, 0.1) is 11.4 Å². The zero-order chi connectivity index (χ0) is 27.5. The maximum Gasteiger partial charge on any atom is 0.323 e. The normalized spacial score (nSPS) is 11.0. The van der Waals surface area contributed by atoms with Crippen LogP contribution in [-0.2, 0) is 0 Å². The van der Waals surface area contributed by atoms with Gasteiger partial charge in [-0.15, -0.1) is 0 Å². The lowest BCUT2D eigenvalue weighted by Gasteiger charge is -2.11. The molecule has 0 spiro atoms. The van der Waals surface area contributed by atoms with E-state index in [1.807, 2.05) is 26.0 Å². The van der Waals surface area contributed by atoms with E-state index in [0.29, 0.717) is 28.2 Å². The Morgan fingerprint density at radius 2 is 1.79 bits per heavy atom. The fourth-order valence-corrected chi connectivity index (χ4v) is 3.77. The van der Waals surface area contributed by atoms with Crippen molar-refractivity contribution in [2.75, 3.05) is 17.7 Å². The average Bonchev–Trinajstić information content (AvgIpc) is 3.56. The zero-order valence-corrected chi connectivity index (χ0v) is 21.2. The number of oxazole rings is 1. The summed E-state index contributed by atoms with van der Waals surface area (Å²) in [6.07, 6.45) is 4.48. The molecule has 0 bridgehead atoms. The minimum atomic E-state index is -0.710.